The number of anilines is 1. The molecule has 5 nitrogen and oxygen atoms in total. The molecule has 122 valence electrons. The fourth-order valence-electron chi connectivity index (χ4n) is 2.32. The van der Waals surface area contributed by atoms with Crippen LogP contribution in [0.3, 0.4) is 0 Å². The summed E-state index contributed by atoms with van der Waals surface area (Å²) >= 11 is 0. The number of hydrogen-bond acceptors (Lipinski definition) is 4. The Labute approximate surface area is 132 Å². The number of hydrogen-bond donors (Lipinski definition) is 2. The van der Waals surface area contributed by atoms with Crippen molar-refractivity contribution in [1.82, 2.24) is 5.32 Å². The lowest BCUT2D eigenvalue weighted by atomic mass is 10.2. The zero-order valence-electron chi connectivity index (χ0n) is 13.4. The molecule has 2 atom stereocenters. The van der Waals surface area contributed by atoms with Gasteiger partial charge < -0.3 is 20.1 Å². The highest BCUT2D eigenvalue weighted by Gasteiger charge is 2.15. The van der Waals surface area contributed by atoms with Crippen molar-refractivity contribution in [1.29, 1.82) is 0 Å². The molecule has 1 heterocycles. The minimum atomic E-state index is -0.0568. The van der Waals surface area contributed by atoms with Crippen LogP contribution in [0.5, 0.6) is 5.75 Å². The molecule has 2 unspecified atom stereocenters. The van der Waals surface area contributed by atoms with Gasteiger partial charge in [0.25, 0.3) is 0 Å². The Hall–Kier alpha value is -1.59. The SMILES string of the molecule is CCC(C)Oc1cccc(NC(=O)CNCC2CCCO2)c1. The average Bonchev–Trinajstić information content (AvgIpc) is 3.00. The van der Waals surface area contributed by atoms with Crippen molar-refractivity contribution in [3.63, 3.8) is 0 Å². The van der Waals surface area contributed by atoms with E-state index in [4.69, 9.17) is 9.47 Å². The molecular formula is C17H26N2O3. The quantitative estimate of drug-likeness (QED) is 0.775. The second kappa shape index (κ2) is 8.76. The van der Waals surface area contributed by atoms with Gasteiger partial charge in [-0.2, -0.15) is 0 Å². The molecule has 0 saturated carbocycles. The number of rotatable bonds is 8. The van der Waals surface area contributed by atoms with E-state index < -0.39 is 0 Å². The summed E-state index contributed by atoms with van der Waals surface area (Å²) in [5.74, 6) is 0.721. The van der Waals surface area contributed by atoms with Crippen LogP contribution in [0.1, 0.15) is 33.1 Å². The van der Waals surface area contributed by atoms with Gasteiger partial charge in [-0.1, -0.05) is 13.0 Å². The fraction of sp³-hybridized carbons (Fsp3) is 0.588. The number of carbonyl (C=O) groups is 1. The van der Waals surface area contributed by atoms with Crippen LogP contribution in [0, 0.1) is 0 Å². The first-order valence-electron chi connectivity index (χ1n) is 8.06. The van der Waals surface area contributed by atoms with E-state index >= 15 is 0 Å². The number of ether oxygens (including phenoxy) is 2. The van der Waals surface area contributed by atoms with Crippen LogP contribution in [-0.2, 0) is 9.53 Å². The molecule has 0 spiro atoms. The van der Waals surface area contributed by atoms with Gasteiger partial charge in [-0.25, -0.2) is 0 Å². The van der Waals surface area contributed by atoms with Crippen molar-refractivity contribution in [2.24, 2.45) is 0 Å². The highest BCUT2D eigenvalue weighted by atomic mass is 16.5. The van der Waals surface area contributed by atoms with Crippen LogP contribution in [0.2, 0.25) is 0 Å². The minimum absolute atomic E-state index is 0.0568. The largest absolute Gasteiger partial charge is 0.491 e. The van der Waals surface area contributed by atoms with E-state index in [2.05, 4.69) is 17.6 Å². The van der Waals surface area contributed by atoms with E-state index in [1.54, 1.807) is 0 Å². The van der Waals surface area contributed by atoms with Gasteiger partial charge in [-0.05, 0) is 38.3 Å². The minimum Gasteiger partial charge on any atom is -0.491 e. The van der Waals surface area contributed by atoms with Crippen LogP contribution >= 0.6 is 0 Å². The zero-order valence-corrected chi connectivity index (χ0v) is 13.4. The highest BCUT2D eigenvalue weighted by Crippen LogP contribution is 2.19. The maximum atomic E-state index is 11.9. The van der Waals surface area contributed by atoms with Crippen molar-refractivity contribution in [3.05, 3.63) is 24.3 Å². The first kappa shape index (κ1) is 16.8. The highest BCUT2D eigenvalue weighted by molar-refractivity contribution is 5.92. The Balaban J connectivity index is 1.74. The fourth-order valence-corrected chi connectivity index (χ4v) is 2.32. The topological polar surface area (TPSA) is 59.6 Å². The maximum Gasteiger partial charge on any atom is 0.238 e. The average molecular weight is 306 g/mol. The molecule has 1 amide bonds. The van der Waals surface area contributed by atoms with E-state index in [1.807, 2.05) is 31.2 Å². The molecule has 1 aromatic rings. The maximum absolute atomic E-state index is 11.9. The van der Waals surface area contributed by atoms with Gasteiger partial charge in [0.05, 0.1) is 18.8 Å². The van der Waals surface area contributed by atoms with Gasteiger partial charge in [0, 0.05) is 24.9 Å². The predicted octanol–water partition coefficient (Wildman–Crippen LogP) is 2.57. The summed E-state index contributed by atoms with van der Waals surface area (Å²) in [4.78, 5) is 11.9. The van der Waals surface area contributed by atoms with Crippen LogP contribution < -0.4 is 15.4 Å². The lowest BCUT2D eigenvalue weighted by Crippen LogP contribution is -2.33. The second-order valence-corrected chi connectivity index (χ2v) is 5.68. The van der Waals surface area contributed by atoms with E-state index in [0.29, 0.717) is 0 Å². The standard InChI is InChI=1S/C17H26N2O3/c1-3-13(2)22-15-7-4-6-14(10-15)19-17(20)12-18-11-16-8-5-9-21-16/h4,6-7,10,13,16,18H,3,5,8-9,11-12H2,1-2H3,(H,19,20). The third-order valence-electron chi connectivity index (χ3n) is 3.71. The van der Waals surface area contributed by atoms with Crippen LogP contribution in [0.25, 0.3) is 0 Å². The summed E-state index contributed by atoms with van der Waals surface area (Å²) < 4.78 is 11.3. The number of nitrogens with one attached hydrogen (secondary N) is 2. The number of amides is 1. The third-order valence-corrected chi connectivity index (χ3v) is 3.71. The van der Waals surface area contributed by atoms with E-state index in [9.17, 15) is 4.79 Å². The van der Waals surface area contributed by atoms with Gasteiger partial charge in [0.1, 0.15) is 5.75 Å². The molecule has 1 aliphatic heterocycles. The van der Waals surface area contributed by atoms with Crippen LogP contribution in [-0.4, -0.2) is 37.8 Å². The molecule has 2 N–H and O–H groups in total. The Kier molecular flexibility index (Phi) is 6.68. The monoisotopic (exact) mass is 306 g/mol. The lowest BCUT2D eigenvalue weighted by Gasteiger charge is -2.14. The van der Waals surface area contributed by atoms with Gasteiger partial charge in [-0.3, -0.25) is 4.79 Å². The summed E-state index contributed by atoms with van der Waals surface area (Å²) in [6.45, 7) is 5.96. The molecule has 1 aliphatic rings. The zero-order chi connectivity index (χ0) is 15.8. The molecule has 2 rings (SSSR count). The number of carbonyl (C=O) groups excluding carboxylic acids is 1. The third kappa shape index (κ3) is 5.66. The molecule has 5 heteroatoms. The predicted molar refractivity (Wildman–Crippen MR) is 87.3 cm³/mol. The Morgan fingerprint density at radius 2 is 2.36 bits per heavy atom. The molecule has 1 fully saturated rings. The van der Waals surface area contributed by atoms with E-state index in [0.717, 1.165) is 43.9 Å². The second-order valence-electron chi connectivity index (χ2n) is 5.68. The summed E-state index contributed by atoms with van der Waals surface area (Å²) in [5, 5.41) is 6.01. The Morgan fingerprint density at radius 1 is 1.50 bits per heavy atom. The van der Waals surface area contributed by atoms with Crippen molar-refractivity contribution in [2.45, 2.75) is 45.3 Å². The first-order chi connectivity index (χ1) is 10.7. The Bertz CT molecular complexity index is 473. The van der Waals surface area contributed by atoms with Crippen molar-refractivity contribution in [3.8, 4) is 5.75 Å². The molecule has 1 aromatic carbocycles. The Morgan fingerprint density at radius 3 is 3.09 bits per heavy atom. The lowest BCUT2D eigenvalue weighted by molar-refractivity contribution is -0.115. The number of benzene rings is 1. The summed E-state index contributed by atoms with van der Waals surface area (Å²) in [7, 11) is 0. The van der Waals surface area contributed by atoms with Gasteiger partial charge in [0.2, 0.25) is 5.91 Å². The van der Waals surface area contributed by atoms with Crippen LogP contribution in [0.4, 0.5) is 5.69 Å². The molecular weight excluding hydrogens is 280 g/mol. The summed E-state index contributed by atoms with van der Waals surface area (Å²) in [5.41, 5.74) is 0.754. The molecule has 0 aromatic heterocycles. The van der Waals surface area contributed by atoms with Crippen molar-refractivity contribution >= 4 is 11.6 Å². The van der Waals surface area contributed by atoms with Gasteiger partial charge >= 0.3 is 0 Å². The van der Waals surface area contributed by atoms with E-state index in [1.165, 1.54) is 0 Å². The summed E-state index contributed by atoms with van der Waals surface area (Å²) in [6.07, 6.45) is 3.55. The smallest absolute Gasteiger partial charge is 0.238 e. The normalized spacial score (nSPS) is 18.9. The van der Waals surface area contributed by atoms with Gasteiger partial charge in [-0.15, -0.1) is 0 Å². The molecule has 1 saturated heterocycles. The molecule has 0 aliphatic carbocycles. The molecule has 0 radical (unpaired) electrons. The first-order valence-corrected chi connectivity index (χ1v) is 8.06. The van der Waals surface area contributed by atoms with Gasteiger partial charge in [0.15, 0.2) is 0 Å². The van der Waals surface area contributed by atoms with E-state index in [-0.39, 0.29) is 24.7 Å². The van der Waals surface area contributed by atoms with Crippen LogP contribution in [0.15, 0.2) is 24.3 Å². The summed E-state index contributed by atoms with van der Waals surface area (Å²) in [6, 6.07) is 7.50. The molecule has 22 heavy (non-hydrogen) atoms. The van der Waals surface area contributed by atoms with Crippen molar-refractivity contribution in [2.75, 3.05) is 25.0 Å². The van der Waals surface area contributed by atoms with Crippen molar-refractivity contribution < 1.29 is 14.3 Å². The molecule has 0 bridgehead atoms.